The monoisotopic (exact) mass is 348 g/mol. The van der Waals surface area contributed by atoms with Crippen LogP contribution < -0.4 is 10.7 Å². The van der Waals surface area contributed by atoms with Gasteiger partial charge in [0.25, 0.3) is 5.69 Å². The Balaban J connectivity index is 1.91. The van der Waals surface area contributed by atoms with E-state index in [1.165, 1.54) is 18.3 Å². The van der Waals surface area contributed by atoms with Gasteiger partial charge in [0.05, 0.1) is 17.7 Å². The van der Waals surface area contributed by atoms with E-state index in [1.807, 2.05) is 0 Å². The Morgan fingerprint density at radius 2 is 2.12 bits per heavy atom. The minimum atomic E-state index is -0.445. The Labute approximate surface area is 143 Å². The zero-order chi connectivity index (χ0) is 17.4. The third-order valence-corrected chi connectivity index (χ3v) is 3.17. The maximum absolute atomic E-state index is 10.6. The van der Waals surface area contributed by atoms with Crippen LogP contribution in [0.3, 0.4) is 0 Å². The summed E-state index contributed by atoms with van der Waals surface area (Å²) in [6.45, 7) is 1.13. The summed E-state index contributed by atoms with van der Waals surface area (Å²) in [5.41, 5.74) is 3.43. The van der Waals surface area contributed by atoms with Gasteiger partial charge in [-0.1, -0.05) is 0 Å². The number of furan rings is 1. The number of methoxy groups -OCH3 is 1. The number of ether oxygens (including phenoxy) is 1. The summed E-state index contributed by atoms with van der Waals surface area (Å²) in [6.07, 6.45) is 1.49. The number of thiocarbonyl (C=S) groups is 1. The largest absolute Gasteiger partial charge is 0.455 e. The van der Waals surface area contributed by atoms with E-state index in [9.17, 15) is 10.1 Å². The number of rotatable bonds is 7. The predicted octanol–water partition coefficient (Wildman–Crippen LogP) is 2.30. The molecule has 0 fully saturated rings. The van der Waals surface area contributed by atoms with E-state index in [4.69, 9.17) is 21.4 Å². The van der Waals surface area contributed by atoms with Gasteiger partial charge < -0.3 is 14.5 Å². The highest BCUT2D eigenvalue weighted by atomic mass is 32.1. The highest BCUT2D eigenvalue weighted by Crippen LogP contribution is 2.23. The molecule has 24 heavy (non-hydrogen) atoms. The molecule has 0 bridgehead atoms. The van der Waals surface area contributed by atoms with E-state index in [2.05, 4.69) is 15.8 Å². The minimum Gasteiger partial charge on any atom is -0.455 e. The van der Waals surface area contributed by atoms with Gasteiger partial charge >= 0.3 is 0 Å². The number of nitrogens with one attached hydrogen (secondary N) is 2. The van der Waals surface area contributed by atoms with Crippen LogP contribution in [0.2, 0.25) is 0 Å². The van der Waals surface area contributed by atoms with E-state index in [-0.39, 0.29) is 5.69 Å². The van der Waals surface area contributed by atoms with E-state index in [0.717, 1.165) is 5.56 Å². The van der Waals surface area contributed by atoms with Gasteiger partial charge in [-0.15, -0.1) is 0 Å². The maximum atomic E-state index is 10.6. The molecule has 1 aromatic heterocycles. The van der Waals surface area contributed by atoms with Crippen molar-refractivity contribution >= 4 is 29.2 Å². The second-order valence-electron chi connectivity index (χ2n) is 4.62. The molecule has 1 heterocycles. The van der Waals surface area contributed by atoms with Crippen molar-refractivity contribution in [3.63, 3.8) is 0 Å². The standard InChI is InChI=1S/C15H16N4O4S/c1-22-9-8-16-15(24)18-17-10-13-6-7-14(23-13)11-2-4-12(5-3-11)19(20)21/h2-7,10H,8-9H2,1H3,(H2,16,18,24). The average Bonchev–Trinajstić information content (AvgIpc) is 3.04. The van der Waals surface area contributed by atoms with Crippen LogP contribution in [0.1, 0.15) is 5.76 Å². The summed E-state index contributed by atoms with van der Waals surface area (Å²) in [5.74, 6) is 1.11. The molecular weight excluding hydrogens is 332 g/mol. The molecule has 0 aliphatic heterocycles. The number of nitro groups is 1. The molecule has 2 N–H and O–H groups in total. The molecule has 0 aliphatic carbocycles. The Morgan fingerprint density at radius 3 is 2.79 bits per heavy atom. The molecule has 0 radical (unpaired) electrons. The van der Waals surface area contributed by atoms with Gasteiger partial charge in [0.1, 0.15) is 11.5 Å². The van der Waals surface area contributed by atoms with E-state index in [1.54, 1.807) is 31.4 Å². The molecule has 126 valence electrons. The number of hydrogen-bond donors (Lipinski definition) is 2. The fourth-order valence-electron chi connectivity index (χ4n) is 1.79. The van der Waals surface area contributed by atoms with Crippen molar-refractivity contribution in [2.75, 3.05) is 20.3 Å². The molecule has 9 heteroatoms. The second-order valence-corrected chi connectivity index (χ2v) is 5.03. The zero-order valence-electron chi connectivity index (χ0n) is 12.9. The molecule has 1 aromatic carbocycles. The first-order valence-electron chi connectivity index (χ1n) is 7.00. The van der Waals surface area contributed by atoms with Crippen LogP contribution in [0.4, 0.5) is 5.69 Å². The molecule has 2 aromatic rings. The summed E-state index contributed by atoms with van der Waals surface area (Å²) < 4.78 is 10.5. The lowest BCUT2D eigenvalue weighted by Gasteiger charge is -2.05. The number of hydrazone groups is 1. The minimum absolute atomic E-state index is 0.0331. The zero-order valence-corrected chi connectivity index (χ0v) is 13.7. The van der Waals surface area contributed by atoms with Crippen LogP contribution >= 0.6 is 12.2 Å². The molecule has 0 unspecified atom stereocenters. The molecule has 0 saturated carbocycles. The SMILES string of the molecule is COCCNC(=S)NN=Cc1ccc(-c2ccc([N+](=O)[O-])cc2)o1. The van der Waals surface area contributed by atoms with Gasteiger partial charge in [0.2, 0.25) is 0 Å². The fourth-order valence-corrected chi connectivity index (χ4v) is 1.94. The number of nitrogens with zero attached hydrogens (tertiary/aromatic N) is 2. The van der Waals surface area contributed by atoms with E-state index < -0.39 is 4.92 Å². The van der Waals surface area contributed by atoms with Crippen molar-refractivity contribution in [3.8, 4) is 11.3 Å². The lowest BCUT2D eigenvalue weighted by atomic mass is 10.1. The van der Waals surface area contributed by atoms with Gasteiger partial charge in [-0.3, -0.25) is 15.5 Å². The summed E-state index contributed by atoms with van der Waals surface area (Å²) in [6, 6.07) is 9.62. The third-order valence-electron chi connectivity index (χ3n) is 2.94. The van der Waals surface area contributed by atoms with Gasteiger partial charge in [-0.25, -0.2) is 0 Å². The highest BCUT2D eigenvalue weighted by Gasteiger charge is 2.07. The maximum Gasteiger partial charge on any atom is 0.269 e. The first kappa shape index (κ1) is 17.6. The smallest absolute Gasteiger partial charge is 0.269 e. The first-order chi connectivity index (χ1) is 11.6. The molecule has 0 amide bonds. The third kappa shape index (κ3) is 5.14. The fraction of sp³-hybridized carbons (Fsp3) is 0.200. The normalized spacial score (nSPS) is 10.7. The predicted molar refractivity (Wildman–Crippen MR) is 94.0 cm³/mol. The van der Waals surface area contributed by atoms with Crippen LogP contribution in [0, 0.1) is 10.1 Å². The van der Waals surface area contributed by atoms with Crippen LogP contribution in [0.25, 0.3) is 11.3 Å². The van der Waals surface area contributed by atoms with Gasteiger partial charge in [-0.2, -0.15) is 5.10 Å². The van der Waals surface area contributed by atoms with Crippen molar-refractivity contribution < 1.29 is 14.1 Å². The summed E-state index contributed by atoms with van der Waals surface area (Å²) in [5, 5.41) is 17.9. The quantitative estimate of drug-likeness (QED) is 0.260. The summed E-state index contributed by atoms with van der Waals surface area (Å²) in [7, 11) is 1.61. The summed E-state index contributed by atoms with van der Waals surface area (Å²) in [4.78, 5) is 10.2. The van der Waals surface area contributed by atoms with Crippen molar-refractivity contribution in [2.24, 2.45) is 5.10 Å². The number of benzene rings is 1. The van der Waals surface area contributed by atoms with Gasteiger partial charge in [0.15, 0.2) is 5.11 Å². The molecule has 0 aliphatic rings. The van der Waals surface area contributed by atoms with E-state index >= 15 is 0 Å². The van der Waals surface area contributed by atoms with Gasteiger partial charge in [-0.05, 0) is 36.5 Å². The molecule has 2 rings (SSSR count). The Kier molecular flexibility index (Phi) is 6.41. The van der Waals surface area contributed by atoms with Crippen molar-refractivity contribution in [1.82, 2.24) is 10.7 Å². The molecule has 0 atom stereocenters. The van der Waals surface area contributed by atoms with Crippen molar-refractivity contribution in [2.45, 2.75) is 0 Å². The van der Waals surface area contributed by atoms with E-state index in [0.29, 0.717) is 29.8 Å². The molecule has 0 saturated heterocycles. The topological polar surface area (TPSA) is 102 Å². The molecular formula is C15H16N4O4S. The Bertz CT molecular complexity index is 727. The number of nitro benzene ring substituents is 1. The average molecular weight is 348 g/mol. The van der Waals surface area contributed by atoms with Crippen LogP contribution in [-0.2, 0) is 4.74 Å². The van der Waals surface area contributed by atoms with Crippen LogP contribution in [0.15, 0.2) is 45.9 Å². The van der Waals surface area contributed by atoms with Crippen LogP contribution in [-0.4, -0.2) is 36.5 Å². The molecule has 0 spiro atoms. The molecule has 8 nitrogen and oxygen atoms in total. The first-order valence-corrected chi connectivity index (χ1v) is 7.41. The van der Waals surface area contributed by atoms with Crippen molar-refractivity contribution in [1.29, 1.82) is 0 Å². The number of hydrogen-bond acceptors (Lipinski definition) is 6. The highest BCUT2D eigenvalue weighted by molar-refractivity contribution is 7.80. The van der Waals surface area contributed by atoms with Crippen molar-refractivity contribution in [3.05, 3.63) is 52.3 Å². The number of non-ortho nitro benzene ring substituents is 1. The lowest BCUT2D eigenvalue weighted by Crippen LogP contribution is -2.34. The van der Waals surface area contributed by atoms with Crippen LogP contribution in [0.5, 0.6) is 0 Å². The Hall–Kier alpha value is -2.78. The lowest BCUT2D eigenvalue weighted by molar-refractivity contribution is -0.384. The van der Waals surface area contributed by atoms with Gasteiger partial charge in [0, 0.05) is 31.4 Å². The second kappa shape index (κ2) is 8.75. The summed E-state index contributed by atoms with van der Waals surface area (Å²) >= 11 is 5.02. The Morgan fingerprint density at radius 1 is 1.38 bits per heavy atom.